The molecule has 0 saturated carbocycles. The zero-order valence-electron chi connectivity index (χ0n) is 16.5. The molecule has 2 heterocycles. The number of hydrogen-bond acceptors (Lipinski definition) is 5. The number of benzene rings is 2. The fourth-order valence-corrected chi connectivity index (χ4v) is 4.12. The van der Waals surface area contributed by atoms with Crippen LogP contribution in [0.1, 0.15) is 21.8 Å². The molecule has 3 atom stereocenters. The van der Waals surface area contributed by atoms with Gasteiger partial charge in [-0.15, -0.1) is 0 Å². The molecule has 1 aromatic heterocycles. The number of pyridine rings is 1. The molecule has 6 heteroatoms. The van der Waals surface area contributed by atoms with E-state index in [1.165, 1.54) is 11.1 Å². The third-order valence-electron chi connectivity index (χ3n) is 5.59. The summed E-state index contributed by atoms with van der Waals surface area (Å²) in [5.74, 6) is 0.169. The van der Waals surface area contributed by atoms with Crippen molar-refractivity contribution in [3.05, 3.63) is 84.2 Å². The van der Waals surface area contributed by atoms with Crippen molar-refractivity contribution >= 4 is 5.91 Å². The topological polar surface area (TPSA) is 86.5 Å². The minimum absolute atomic E-state index is 0.230. The number of aliphatic hydroxyl groups is 1. The highest BCUT2D eigenvalue weighted by molar-refractivity contribution is 5.95. The molecule has 1 fully saturated rings. The maximum absolute atomic E-state index is 13.0. The molecule has 30 heavy (non-hydrogen) atoms. The van der Waals surface area contributed by atoms with Crippen molar-refractivity contribution in [1.29, 1.82) is 5.26 Å². The second-order valence-corrected chi connectivity index (χ2v) is 7.12. The summed E-state index contributed by atoms with van der Waals surface area (Å²) in [5, 5.41) is 20.0. The smallest absolute Gasteiger partial charge is 0.256 e. The Hall–Kier alpha value is -3.69. The average molecular weight is 399 g/mol. The number of methoxy groups -OCH3 is 1. The minimum Gasteiger partial charge on any atom is -0.497 e. The van der Waals surface area contributed by atoms with E-state index in [2.05, 4.69) is 11.1 Å². The van der Waals surface area contributed by atoms with Crippen LogP contribution in [0.3, 0.4) is 0 Å². The Morgan fingerprint density at radius 3 is 2.57 bits per heavy atom. The first-order valence-corrected chi connectivity index (χ1v) is 9.66. The van der Waals surface area contributed by atoms with E-state index in [9.17, 15) is 15.2 Å². The number of amides is 1. The maximum atomic E-state index is 13.0. The number of likely N-dealkylation sites (tertiary alicyclic amines) is 1. The first-order valence-electron chi connectivity index (χ1n) is 9.66. The molecular weight excluding hydrogens is 378 g/mol. The van der Waals surface area contributed by atoms with E-state index in [1.807, 2.05) is 48.5 Å². The fourth-order valence-electron chi connectivity index (χ4n) is 4.12. The van der Waals surface area contributed by atoms with Crippen molar-refractivity contribution in [3.8, 4) is 22.9 Å². The number of hydrogen-bond donors (Lipinski definition) is 1. The Kier molecular flexibility index (Phi) is 5.46. The SMILES string of the molecule is COc1ccc(-c2ccccc2[C@H]2[C@@H](CO)N(C(=O)c3cccnc3)[C@H]2C#N)cc1. The zero-order valence-corrected chi connectivity index (χ0v) is 16.5. The highest BCUT2D eigenvalue weighted by Gasteiger charge is 2.52. The average Bonchev–Trinajstić information content (AvgIpc) is 2.80. The van der Waals surface area contributed by atoms with E-state index in [4.69, 9.17) is 4.74 Å². The molecule has 0 radical (unpaired) electrons. The molecule has 3 aromatic rings. The third-order valence-corrected chi connectivity index (χ3v) is 5.59. The monoisotopic (exact) mass is 399 g/mol. The van der Waals surface area contributed by atoms with E-state index in [0.29, 0.717) is 5.56 Å². The minimum atomic E-state index is -0.672. The highest BCUT2D eigenvalue weighted by Crippen LogP contribution is 2.44. The lowest BCUT2D eigenvalue weighted by Crippen LogP contribution is -2.65. The van der Waals surface area contributed by atoms with Gasteiger partial charge in [0.1, 0.15) is 11.8 Å². The summed E-state index contributed by atoms with van der Waals surface area (Å²) in [6, 6.07) is 20.0. The van der Waals surface area contributed by atoms with Crippen LogP contribution in [0.4, 0.5) is 0 Å². The molecular formula is C24H21N3O3. The lowest BCUT2D eigenvalue weighted by Gasteiger charge is -2.52. The van der Waals surface area contributed by atoms with Crippen LogP contribution in [0.15, 0.2) is 73.1 Å². The largest absolute Gasteiger partial charge is 0.497 e. The highest BCUT2D eigenvalue weighted by atomic mass is 16.5. The first-order chi connectivity index (χ1) is 14.7. The maximum Gasteiger partial charge on any atom is 0.256 e. The summed E-state index contributed by atoms with van der Waals surface area (Å²) in [7, 11) is 1.62. The predicted octanol–water partition coefficient (Wildman–Crippen LogP) is 3.25. The van der Waals surface area contributed by atoms with Crippen molar-refractivity contribution < 1.29 is 14.6 Å². The van der Waals surface area contributed by atoms with Gasteiger partial charge in [0.25, 0.3) is 5.91 Å². The van der Waals surface area contributed by atoms with E-state index in [-0.39, 0.29) is 18.4 Å². The molecule has 1 aliphatic rings. The number of rotatable bonds is 5. The standard InChI is InChI=1S/C24H21N3O3/c1-30-18-10-8-16(9-11-18)19-6-2-3-7-20(19)23-21(13-25)27(22(23)15-28)24(29)17-5-4-12-26-14-17/h2-12,14,21-23,28H,15H2,1H3/t21-,22+,23+/m0/s1. The zero-order chi connectivity index (χ0) is 21.1. The van der Waals surface area contributed by atoms with Gasteiger partial charge in [0.15, 0.2) is 0 Å². The Morgan fingerprint density at radius 2 is 1.93 bits per heavy atom. The number of ether oxygens (including phenoxy) is 1. The van der Waals surface area contributed by atoms with Crippen molar-refractivity contribution in [2.45, 2.75) is 18.0 Å². The number of nitrogens with zero attached hydrogens (tertiary/aromatic N) is 3. The third kappa shape index (κ3) is 3.30. The summed E-state index contributed by atoms with van der Waals surface area (Å²) in [5.41, 5.74) is 3.29. The van der Waals surface area contributed by atoms with Crippen molar-refractivity contribution in [2.24, 2.45) is 0 Å². The van der Waals surface area contributed by atoms with E-state index in [1.54, 1.807) is 25.4 Å². The molecule has 0 aliphatic carbocycles. The summed E-state index contributed by atoms with van der Waals surface area (Å²) < 4.78 is 5.24. The molecule has 0 spiro atoms. The van der Waals surface area contributed by atoms with Gasteiger partial charge in [-0.2, -0.15) is 5.26 Å². The molecule has 4 rings (SSSR count). The quantitative estimate of drug-likeness (QED) is 0.712. The van der Waals surface area contributed by atoms with Crippen LogP contribution in [0.25, 0.3) is 11.1 Å². The van der Waals surface area contributed by atoms with Crippen LogP contribution in [-0.2, 0) is 0 Å². The lowest BCUT2D eigenvalue weighted by atomic mass is 9.73. The van der Waals surface area contributed by atoms with Gasteiger partial charge in [-0.05, 0) is 41.0 Å². The van der Waals surface area contributed by atoms with Gasteiger partial charge in [0.2, 0.25) is 0 Å². The molecule has 1 saturated heterocycles. The van der Waals surface area contributed by atoms with E-state index >= 15 is 0 Å². The fraction of sp³-hybridized carbons (Fsp3) is 0.208. The van der Waals surface area contributed by atoms with Gasteiger partial charge >= 0.3 is 0 Å². The Morgan fingerprint density at radius 1 is 1.17 bits per heavy atom. The molecule has 1 amide bonds. The van der Waals surface area contributed by atoms with Crippen LogP contribution in [-0.4, -0.2) is 46.7 Å². The molecule has 1 aliphatic heterocycles. The Bertz CT molecular complexity index is 1080. The van der Waals surface area contributed by atoms with Crippen LogP contribution < -0.4 is 4.74 Å². The molecule has 1 N–H and O–H groups in total. The number of nitriles is 1. The number of aliphatic hydroxyl groups excluding tert-OH is 1. The Balaban J connectivity index is 1.71. The van der Waals surface area contributed by atoms with Gasteiger partial charge in [-0.3, -0.25) is 9.78 Å². The molecule has 0 unspecified atom stereocenters. The second kappa shape index (κ2) is 8.36. The second-order valence-electron chi connectivity index (χ2n) is 7.12. The van der Waals surface area contributed by atoms with Crippen LogP contribution >= 0.6 is 0 Å². The van der Waals surface area contributed by atoms with E-state index in [0.717, 1.165) is 22.4 Å². The van der Waals surface area contributed by atoms with Gasteiger partial charge in [-0.1, -0.05) is 36.4 Å². The van der Waals surface area contributed by atoms with E-state index < -0.39 is 12.1 Å². The predicted molar refractivity (Wildman–Crippen MR) is 112 cm³/mol. The van der Waals surface area contributed by atoms with Gasteiger partial charge in [-0.25, -0.2) is 0 Å². The van der Waals surface area contributed by atoms with Gasteiger partial charge in [0.05, 0.1) is 31.4 Å². The Labute approximate surface area is 175 Å². The van der Waals surface area contributed by atoms with Gasteiger partial charge in [0, 0.05) is 18.3 Å². The number of aromatic nitrogens is 1. The van der Waals surface area contributed by atoms with Crippen molar-refractivity contribution in [3.63, 3.8) is 0 Å². The van der Waals surface area contributed by atoms with Crippen molar-refractivity contribution in [2.75, 3.05) is 13.7 Å². The van der Waals surface area contributed by atoms with Crippen molar-refractivity contribution in [1.82, 2.24) is 9.88 Å². The summed E-state index contributed by atoms with van der Waals surface area (Å²) >= 11 is 0. The molecule has 0 bridgehead atoms. The van der Waals surface area contributed by atoms with Crippen LogP contribution in [0.5, 0.6) is 5.75 Å². The first kappa shape index (κ1) is 19.6. The number of carbonyl (C=O) groups is 1. The summed E-state index contributed by atoms with van der Waals surface area (Å²) in [6.07, 6.45) is 3.07. The lowest BCUT2D eigenvalue weighted by molar-refractivity contribution is -0.00574. The summed E-state index contributed by atoms with van der Waals surface area (Å²) in [6.45, 7) is -0.230. The van der Waals surface area contributed by atoms with Gasteiger partial charge < -0.3 is 14.7 Å². The molecule has 6 nitrogen and oxygen atoms in total. The number of carbonyl (C=O) groups excluding carboxylic acids is 1. The van der Waals surface area contributed by atoms with Crippen LogP contribution in [0.2, 0.25) is 0 Å². The molecule has 2 aromatic carbocycles. The molecule has 150 valence electrons. The summed E-state index contributed by atoms with van der Waals surface area (Å²) in [4.78, 5) is 18.4. The van der Waals surface area contributed by atoms with Crippen LogP contribution in [0, 0.1) is 11.3 Å². The normalized spacial score (nSPS) is 20.2.